The van der Waals surface area contributed by atoms with Gasteiger partial charge < -0.3 is 15.5 Å². The molecule has 0 atom stereocenters. The highest BCUT2D eigenvalue weighted by molar-refractivity contribution is 5.88. The van der Waals surface area contributed by atoms with Gasteiger partial charge in [-0.2, -0.15) is 13.2 Å². The maximum Gasteiger partial charge on any atom is 0.417 e. The Labute approximate surface area is 132 Å². The van der Waals surface area contributed by atoms with Crippen molar-refractivity contribution in [1.82, 2.24) is 9.88 Å². The molecule has 0 radical (unpaired) electrons. The van der Waals surface area contributed by atoms with E-state index in [0.717, 1.165) is 44.5 Å². The highest BCUT2D eigenvalue weighted by Gasteiger charge is 2.33. The van der Waals surface area contributed by atoms with Gasteiger partial charge in [0.1, 0.15) is 0 Å². The van der Waals surface area contributed by atoms with E-state index in [-0.39, 0.29) is 16.6 Å². The maximum atomic E-state index is 13.3. The standard InChI is InChI=1S/C16H19F3N4/c1-2-22-3-5-23(6-4-22)12-9-13-14(16(17,18)19)7-11(20)8-15(13)21-10-12/h7-10H,2-6,20H2,1H3. The van der Waals surface area contributed by atoms with Crippen molar-refractivity contribution in [3.8, 4) is 0 Å². The normalized spacial score (nSPS) is 17.0. The lowest BCUT2D eigenvalue weighted by Crippen LogP contribution is -2.46. The summed E-state index contributed by atoms with van der Waals surface area (Å²) in [5, 5.41) is 0.0992. The fourth-order valence-corrected chi connectivity index (χ4v) is 2.97. The van der Waals surface area contributed by atoms with Gasteiger partial charge in [0.2, 0.25) is 0 Å². The Morgan fingerprint density at radius 3 is 2.43 bits per heavy atom. The van der Waals surface area contributed by atoms with Gasteiger partial charge in [-0.1, -0.05) is 6.92 Å². The Bertz CT molecular complexity index is 706. The molecule has 0 amide bonds. The summed E-state index contributed by atoms with van der Waals surface area (Å²) < 4.78 is 39.8. The zero-order chi connectivity index (χ0) is 16.6. The number of alkyl halides is 3. The lowest BCUT2D eigenvalue weighted by molar-refractivity contribution is -0.136. The minimum absolute atomic E-state index is 0.0710. The molecule has 3 rings (SSSR count). The van der Waals surface area contributed by atoms with Crippen LogP contribution in [0.1, 0.15) is 12.5 Å². The van der Waals surface area contributed by atoms with Crippen LogP contribution in [0.2, 0.25) is 0 Å². The summed E-state index contributed by atoms with van der Waals surface area (Å²) in [6, 6.07) is 4.03. The third kappa shape index (κ3) is 3.19. The van der Waals surface area contributed by atoms with Crippen LogP contribution >= 0.6 is 0 Å². The van der Waals surface area contributed by atoms with Crippen LogP contribution in [0.5, 0.6) is 0 Å². The van der Waals surface area contributed by atoms with Gasteiger partial charge in [0, 0.05) is 37.3 Å². The molecule has 0 spiro atoms. The molecule has 1 aliphatic rings. The molecular formula is C16H19F3N4. The maximum absolute atomic E-state index is 13.3. The van der Waals surface area contributed by atoms with E-state index in [1.54, 1.807) is 12.3 Å². The number of fused-ring (bicyclic) bond motifs is 1. The molecule has 1 aromatic heterocycles. The second-order valence-electron chi connectivity index (χ2n) is 5.75. The number of anilines is 2. The second-order valence-corrected chi connectivity index (χ2v) is 5.75. The average Bonchev–Trinajstić information content (AvgIpc) is 2.53. The summed E-state index contributed by atoms with van der Waals surface area (Å²) in [6.07, 6.45) is -2.82. The first-order valence-corrected chi connectivity index (χ1v) is 7.62. The molecule has 1 saturated heterocycles. The van der Waals surface area contributed by atoms with E-state index in [0.29, 0.717) is 0 Å². The van der Waals surface area contributed by atoms with Crippen molar-refractivity contribution in [2.24, 2.45) is 0 Å². The van der Waals surface area contributed by atoms with Crippen LogP contribution in [-0.2, 0) is 6.18 Å². The van der Waals surface area contributed by atoms with Crippen LogP contribution in [-0.4, -0.2) is 42.6 Å². The van der Waals surface area contributed by atoms with Gasteiger partial charge in [0.15, 0.2) is 0 Å². The van der Waals surface area contributed by atoms with Crippen LogP contribution in [0, 0.1) is 0 Å². The first-order valence-electron chi connectivity index (χ1n) is 7.62. The van der Waals surface area contributed by atoms with Crippen LogP contribution in [0.25, 0.3) is 10.9 Å². The van der Waals surface area contributed by atoms with E-state index in [2.05, 4.69) is 21.7 Å². The molecule has 2 N–H and O–H groups in total. The van der Waals surface area contributed by atoms with Crippen molar-refractivity contribution in [2.45, 2.75) is 13.1 Å². The van der Waals surface area contributed by atoms with E-state index in [9.17, 15) is 13.2 Å². The van der Waals surface area contributed by atoms with Crippen molar-refractivity contribution in [3.05, 3.63) is 30.0 Å². The molecule has 0 bridgehead atoms. The van der Waals surface area contributed by atoms with Crippen molar-refractivity contribution in [1.29, 1.82) is 0 Å². The zero-order valence-electron chi connectivity index (χ0n) is 12.9. The lowest BCUT2D eigenvalue weighted by atomic mass is 10.1. The first-order chi connectivity index (χ1) is 10.9. The average molecular weight is 324 g/mol. The minimum atomic E-state index is -4.45. The lowest BCUT2D eigenvalue weighted by Gasteiger charge is -2.35. The molecule has 0 unspecified atom stereocenters. The summed E-state index contributed by atoms with van der Waals surface area (Å²) >= 11 is 0. The number of pyridine rings is 1. The predicted octanol–water partition coefficient (Wildman–Crippen LogP) is 2.98. The van der Waals surface area contributed by atoms with E-state index in [4.69, 9.17) is 5.73 Å². The smallest absolute Gasteiger partial charge is 0.399 e. The molecule has 1 aliphatic heterocycles. The largest absolute Gasteiger partial charge is 0.417 e. The van der Waals surface area contributed by atoms with Crippen LogP contribution in [0.3, 0.4) is 0 Å². The number of likely N-dealkylation sites (N-methyl/N-ethyl adjacent to an activating group) is 1. The van der Waals surface area contributed by atoms with Crippen molar-refractivity contribution in [2.75, 3.05) is 43.4 Å². The number of nitrogens with two attached hydrogens (primary N) is 1. The molecule has 2 aromatic rings. The number of benzene rings is 1. The topological polar surface area (TPSA) is 45.4 Å². The van der Waals surface area contributed by atoms with Gasteiger partial charge in [-0.05, 0) is 24.7 Å². The summed E-state index contributed by atoms with van der Waals surface area (Å²) in [5.74, 6) is 0. The highest BCUT2D eigenvalue weighted by atomic mass is 19.4. The number of halogens is 3. The number of piperazine rings is 1. The molecule has 2 heterocycles. The molecule has 0 aliphatic carbocycles. The van der Waals surface area contributed by atoms with Crippen molar-refractivity contribution >= 4 is 22.3 Å². The summed E-state index contributed by atoms with van der Waals surface area (Å²) in [7, 11) is 0. The van der Waals surface area contributed by atoms with Gasteiger partial charge in [-0.15, -0.1) is 0 Å². The molecule has 124 valence electrons. The Kier molecular flexibility index (Phi) is 4.06. The van der Waals surface area contributed by atoms with Crippen LogP contribution in [0.4, 0.5) is 24.5 Å². The summed E-state index contributed by atoms with van der Waals surface area (Å²) in [6.45, 7) is 6.48. The molecule has 7 heteroatoms. The Hall–Kier alpha value is -2.02. The van der Waals surface area contributed by atoms with E-state index in [1.165, 1.54) is 6.07 Å². The van der Waals surface area contributed by atoms with Crippen molar-refractivity contribution in [3.63, 3.8) is 0 Å². The number of rotatable bonds is 2. The fraction of sp³-hybridized carbons (Fsp3) is 0.438. The minimum Gasteiger partial charge on any atom is -0.399 e. The summed E-state index contributed by atoms with van der Waals surface area (Å²) in [5.41, 5.74) is 5.92. The highest BCUT2D eigenvalue weighted by Crippen LogP contribution is 2.37. The van der Waals surface area contributed by atoms with Gasteiger partial charge >= 0.3 is 6.18 Å². The van der Waals surface area contributed by atoms with E-state index < -0.39 is 11.7 Å². The molecule has 4 nitrogen and oxygen atoms in total. The molecular weight excluding hydrogens is 305 g/mol. The summed E-state index contributed by atoms with van der Waals surface area (Å²) in [4.78, 5) is 8.59. The number of hydrogen-bond donors (Lipinski definition) is 1. The van der Waals surface area contributed by atoms with Gasteiger partial charge in [0.05, 0.1) is 23.0 Å². The van der Waals surface area contributed by atoms with E-state index in [1.807, 2.05) is 0 Å². The molecule has 0 saturated carbocycles. The number of nitrogens with zero attached hydrogens (tertiary/aromatic N) is 3. The van der Waals surface area contributed by atoms with Gasteiger partial charge in [0.25, 0.3) is 0 Å². The van der Waals surface area contributed by atoms with Crippen LogP contribution < -0.4 is 10.6 Å². The Balaban J connectivity index is 2.00. The molecule has 23 heavy (non-hydrogen) atoms. The van der Waals surface area contributed by atoms with Gasteiger partial charge in [-0.3, -0.25) is 4.98 Å². The molecule has 1 aromatic carbocycles. The quantitative estimate of drug-likeness (QED) is 0.863. The SMILES string of the molecule is CCN1CCN(c2cnc3cc(N)cc(C(F)(F)F)c3c2)CC1. The van der Waals surface area contributed by atoms with Gasteiger partial charge in [-0.25, -0.2) is 0 Å². The van der Waals surface area contributed by atoms with Crippen molar-refractivity contribution < 1.29 is 13.2 Å². The number of nitrogen functional groups attached to an aromatic ring is 1. The monoisotopic (exact) mass is 324 g/mol. The Morgan fingerprint density at radius 2 is 1.83 bits per heavy atom. The predicted molar refractivity (Wildman–Crippen MR) is 85.5 cm³/mol. The third-order valence-corrected chi connectivity index (χ3v) is 4.30. The molecule has 1 fully saturated rings. The third-order valence-electron chi connectivity index (χ3n) is 4.30. The van der Waals surface area contributed by atoms with Crippen LogP contribution in [0.15, 0.2) is 24.4 Å². The fourth-order valence-electron chi connectivity index (χ4n) is 2.97. The number of hydrogen-bond acceptors (Lipinski definition) is 4. The van der Waals surface area contributed by atoms with E-state index >= 15 is 0 Å². The Morgan fingerprint density at radius 1 is 1.13 bits per heavy atom. The second kappa shape index (κ2) is 5.88. The zero-order valence-corrected chi connectivity index (χ0v) is 12.9. The first kappa shape index (κ1) is 15.9. The number of aromatic nitrogens is 1.